The molecule has 0 unspecified atom stereocenters. The van der Waals surface area contributed by atoms with Crippen LogP contribution >= 0.6 is 0 Å². The fourth-order valence-electron chi connectivity index (χ4n) is 3.14. The first-order valence-corrected chi connectivity index (χ1v) is 11.1. The Bertz CT molecular complexity index is 1140. The molecule has 1 heterocycles. The number of benzene rings is 1. The second kappa shape index (κ2) is 9.28. The van der Waals surface area contributed by atoms with E-state index in [1.807, 2.05) is 26.0 Å². The van der Waals surface area contributed by atoms with E-state index in [1.54, 1.807) is 19.1 Å². The molecule has 0 saturated heterocycles. The van der Waals surface area contributed by atoms with Crippen molar-refractivity contribution in [3.05, 3.63) is 52.4 Å². The summed E-state index contributed by atoms with van der Waals surface area (Å²) in [6.07, 6.45) is 2.55. The summed E-state index contributed by atoms with van der Waals surface area (Å²) in [7, 11) is -0.753. The van der Waals surface area contributed by atoms with Crippen LogP contribution in [-0.2, 0) is 21.4 Å². The molecule has 0 aliphatic rings. The van der Waals surface area contributed by atoms with Crippen LogP contribution < -0.4 is 5.32 Å². The van der Waals surface area contributed by atoms with E-state index in [0.717, 1.165) is 34.2 Å². The molecule has 1 amide bonds. The van der Waals surface area contributed by atoms with Crippen molar-refractivity contribution in [2.75, 3.05) is 19.4 Å². The van der Waals surface area contributed by atoms with Crippen LogP contribution in [0.3, 0.4) is 0 Å². The molecule has 1 N–H and O–H groups in total. The molecule has 2 aromatic rings. The Morgan fingerprint density at radius 1 is 1.23 bits per heavy atom. The highest BCUT2D eigenvalue weighted by atomic mass is 32.2. The Morgan fingerprint density at radius 2 is 1.90 bits per heavy atom. The topological polar surface area (TPSA) is 95.2 Å². The number of carbonyl (C=O) groups is 1. The molecule has 0 spiro atoms. The summed E-state index contributed by atoms with van der Waals surface area (Å²) < 4.78 is 28.0. The molecule has 0 fully saturated rings. The molecule has 2 rings (SSSR count). The van der Waals surface area contributed by atoms with Crippen LogP contribution in [0.1, 0.15) is 35.9 Å². The number of sulfonamides is 1. The van der Waals surface area contributed by atoms with Crippen molar-refractivity contribution in [2.45, 2.75) is 45.6 Å². The zero-order valence-electron chi connectivity index (χ0n) is 18.3. The van der Waals surface area contributed by atoms with Crippen LogP contribution in [0.4, 0.5) is 5.69 Å². The maximum Gasteiger partial charge on any atom is 0.266 e. The molecular weight excluding hydrogens is 400 g/mol. The van der Waals surface area contributed by atoms with E-state index >= 15 is 0 Å². The minimum atomic E-state index is -3.64. The Balaban J connectivity index is 2.38. The van der Waals surface area contributed by atoms with Gasteiger partial charge in [0.15, 0.2) is 0 Å². The van der Waals surface area contributed by atoms with Gasteiger partial charge in [-0.25, -0.2) is 12.7 Å². The highest BCUT2D eigenvalue weighted by molar-refractivity contribution is 7.89. The predicted molar refractivity (Wildman–Crippen MR) is 118 cm³/mol. The maximum absolute atomic E-state index is 12.8. The van der Waals surface area contributed by atoms with Crippen LogP contribution in [0, 0.1) is 32.1 Å². The number of nitrogens with zero attached hydrogens (tertiary/aromatic N) is 3. The van der Waals surface area contributed by atoms with E-state index in [1.165, 1.54) is 26.2 Å². The number of amides is 1. The number of nitriles is 1. The molecule has 0 bridgehead atoms. The zero-order valence-corrected chi connectivity index (χ0v) is 19.1. The molecule has 0 radical (unpaired) electrons. The smallest absolute Gasteiger partial charge is 0.266 e. The lowest BCUT2D eigenvalue weighted by atomic mass is 10.1. The second-order valence-corrected chi connectivity index (χ2v) is 9.52. The van der Waals surface area contributed by atoms with Crippen molar-refractivity contribution in [1.82, 2.24) is 8.87 Å². The molecule has 7 nitrogen and oxygen atoms in total. The number of aromatic nitrogens is 1. The third kappa shape index (κ3) is 4.81. The van der Waals surface area contributed by atoms with Gasteiger partial charge >= 0.3 is 0 Å². The Kier molecular flexibility index (Phi) is 7.24. The molecule has 0 saturated carbocycles. The van der Waals surface area contributed by atoms with Crippen LogP contribution in [0.15, 0.2) is 34.7 Å². The number of aryl methyl sites for hydroxylation is 2. The lowest BCUT2D eigenvalue weighted by molar-refractivity contribution is -0.112. The molecule has 0 atom stereocenters. The van der Waals surface area contributed by atoms with Crippen molar-refractivity contribution < 1.29 is 13.2 Å². The SMILES string of the molecule is CCCn1c(C)cc(/C=C(\C#N)C(=O)Nc2cc(S(=O)(=O)N(C)C)ccc2C)c1C. The van der Waals surface area contributed by atoms with E-state index in [-0.39, 0.29) is 10.5 Å². The van der Waals surface area contributed by atoms with Gasteiger partial charge in [0.25, 0.3) is 5.91 Å². The summed E-state index contributed by atoms with van der Waals surface area (Å²) in [6.45, 7) is 8.67. The number of nitrogens with one attached hydrogen (secondary N) is 1. The average Bonchev–Trinajstić information content (AvgIpc) is 2.95. The monoisotopic (exact) mass is 428 g/mol. The Morgan fingerprint density at radius 3 is 2.47 bits per heavy atom. The highest BCUT2D eigenvalue weighted by Gasteiger charge is 2.20. The number of anilines is 1. The van der Waals surface area contributed by atoms with Gasteiger partial charge in [0, 0.05) is 37.7 Å². The number of hydrogen-bond acceptors (Lipinski definition) is 4. The standard InChI is InChI=1S/C22H28N4O3S/c1-7-10-26-16(3)11-18(17(26)4)12-19(14-23)22(27)24-21-13-20(9-8-15(21)2)30(28,29)25(5)6/h8-9,11-13H,7,10H2,1-6H3,(H,24,27)/b19-12+. The van der Waals surface area contributed by atoms with Gasteiger partial charge in [-0.1, -0.05) is 13.0 Å². The molecule has 0 aliphatic heterocycles. The lowest BCUT2D eigenvalue weighted by Gasteiger charge is -2.14. The van der Waals surface area contributed by atoms with Crippen molar-refractivity contribution in [2.24, 2.45) is 0 Å². The zero-order chi connectivity index (χ0) is 22.6. The highest BCUT2D eigenvalue weighted by Crippen LogP contribution is 2.23. The fraction of sp³-hybridized carbons (Fsp3) is 0.364. The lowest BCUT2D eigenvalue weighted by Crippen LogP contribution is -2.22. The summed E-state index contributed by atoms with van der Waals surface area (Å²) in [6, 6.07) is 8.43. The molecule has 8 heteroatoms. The van der Waals surface area contributed by atoms with Gasteiger partial charge in [-0.3, -0.25) is 4.79 Å². The summed E-state index contributed by atoms with van der Waals surface area (Å²) in [4.78, 5) is 12.8. The van der Waals surface area contributed by atoms with Crippen molar-refractivity contribution in [3.63, 3.8) is 0 Å². The average molecular weight is 429 g/mol. The van der Waals surface area contributed by atoms with E-state index in [2.05, 4.69) is 16.8 Å². The second-order valence-electron chi connectivity index (χ2n) is 7.37. The Hall–Kier alpha value is -2.89. The van der Waals surface area contributed by atoms with E-state index in [9.17, 15) is 18.5 Å². The normalized spacial score (nSPS) is 12.1. The molecule has 160 valence electrons. The van der Waals surface area contributed by atoms with Gasteiger partial charge in [-0.2, -0.15) is 5.26 Å². The van der Waals surface area contributed by atoms with Gasteiger partial charge < -0.3 is 9.88 Å². The van der Waals surface area contributed by atoms with E-state index in [4.69, 9.17) is 0 Å². The molecule has 1 aromatic carbocycles. The molecule has 30 heavy (non-hydrogen) atoms. The fourth-order valence-corrected chi connectivity index (χ4v) is 4.07. The predicted octanol–water partition coefficient (Wildman–Crippen LogP) is 3.62. The van der Waals surface area contributed by atoms with Gasteiger partial charge in [0.2, 0.25) is 10.0 Å². The first-order chi connectivity index (χ1) is 14.0. The van der Waals surface area contributed by atoms with Gasteiger partial charge in [0.1, 0.15) is 11.6 Å². The van der Waals surface area contributed by atoms with Crippen molar-refractivity contribution >= 4 is 27.7 Å². The van der Waals surface area contributed by atoms with Crippen LogP contribution in [0.5, 0.6) is 0 Å². The molecular formula is C22H28N4O3S. The molecule has 1 aromatic heterocycles. The van der Waals surface area contributed by atoms with Gasteiger partial charge in [-0.15, -0.1) is 0 Å². The summed E-state index contributed by atoms with van der Waals surface area (Å²) in [5.41, 5.74) is 3.86. The number of rotatable bonds is 7. The first-order valence-electron chi connectivity index (χ1n) is 9.66. The third-order valence-electron chi connectivity index (χ3n) is 4.96. The van der Waals surface area contributed by atoms with Crippen LogP contribution in [0.25, 0.3) is 6.08 Å². The third-order valence-corrected chi connectivity index (χ3v) is 6.77. The summed E-state index contributed by atoms with van der Waals surface area (Å²) in [5, 5.41) is 12.2. The Labute approximate surface area is 178 Å². The minimum absolute atomic E-state index is 0.0491. The minimum Gasteiger partial charge on any atom is -0.349 e. The summed E-state index contributed by atoms with van der Waals surface area (Å²) >= 11 is 0. The number of hydrogen-bond donors (Lipinski definition) is 1. The largest absolute Gasteiger partial charge is 0.349 e. The van der Waals surface area contributed by atoms with Crippen molar-refractivity contribution in [1.29, 1.82) is 5.26 Å². The van der Waals surface area contributed by atoms with Crippen LogP contribution in [0.2, 0.25) is 0 Å². The number of carbonyl (C=O) groups excluding carboxylic acids is 1. The van der Waals surface area contributed by atoms with Crippen LogP contribution in [-0.4, -0.2) is 37.3 Å². The van der Waals surface area contributed by atoms with Gasteiger partial charge in [0.05, 0.1) is 4.90 Å². The van der Waals surface area contributed by atoms with E-state index in [0.29, 0.717) is 11.3 Å². The first kappa shape index (κ1) is 23.4. The van der Waals surface area contributed by atoms with Gasteiger partial charge in [-0.05, 0) is 62.6 Å². The quantitative estimate of drug-likeness (QED) is 0.538. The van der Waals surface area contributed by atoms with Crippen molar-refractivity contribution in [3.8, 4) is 6.07 Å². The summed E-state index contributed by atoms with van der Waals surface area (Å²) in [5.74, 6) is -0.583. The van der Waals surface area contributed by atoms with E-state index < -0.39 is 15.9 Å². The molecule has 0 aliphatic carbocycles. The maximum atomic E-state index is 12.8.